The number of carbonyl (C=O) groups is 3. The van der Waals surface area contributed by atoms with E-state index in [1.54, 1.807) is 0 Å². The van der Waals surface area contributed by atoms with Crippen molar-refractivity contribution >= 4 is 29.7 Å². The van der Waals surface area contributed by atoms with Crippen LogP contribution in [0.1, 0.15) is 38.5 Å². The second-order valence-corrected chi connectivity index (χ2v) is 7.72. The lowest BCUT2D eigenvalue weighted by molar-refractivity contribution is -0.148. The Morgan fingerprint density at radius 3 is 2.91 bits per heavy atom. The molecule has 0 bridgehead atoms. The van der Waals surface area contributed by atoms with Crippen LogP contribution in [0.3, 0.4) is 0 Å². The normalized spacial score (nSPS) is 32.5. The molecule has 3 fully saturated rings. The summed E-state index contributed by atoms with van der Waals surface area (Å²) in [7, 11) is 0. The summed E-state index contributed by atoms with van der Waals surface area (Å²) in [6, 6.07) is -0.263. The van der Waals surface area contributed by atoms with Gasteiger partial charge in [0.2, 0.25) is 5.91 Å². The maximum atomic E-state index is 12.2. The standard InChI is InChI=1S/C15H23N3O4S/c19-12(18-7-3-4-10(18)14(20)21)6-2-1-5-11-13-9(8-23-11)16-15(22)17-13/h9-11,13H,1-8H2,(H,20,21)(H2,16,17,22)/t9?,10-,11?,13?/m0/s1. The SMILES string of the molecule is O=C1NC2CSC(CCCCC(=O)N3CCC[C@H]3C(=O)O)C2N1. The summed E-state index contributed by atoms with van der Waals surface area (Å²) in [6.45, 7) is 0.565. The molecule has 0 radical (unpaired) electrons. The minimum absolute atomic E-state index is 0.0392. The van der Waals surface area contributed by atoms with E-state index in [-0.39, 0.29) is 24.0 Å². The number of hydrogen-bond donors (Lipinski definition) is 3. The Bertz CT molecular complexity index is 501. The van der Waals surface area contributed by atoms with E-state index in [9.17, 15) is 14.4 Å². The smallest absolute Gasteiger partial charge is 0.326 e. The van der Waals surface area contributed by atoms with Crippen molar-refractivity contribution in [3.63, 3.8) is 0 Å². The Balaban J connectivity index is 1.38. The van der Waals surface area contributed by atoms with Gasteiger partial charge in [-0.25, -0.2) is 9.59 Å². The second-order valence-electron chi connectivity index (χ2n) is 6.45. The molecule has 0 aliphatic carbocycles. The molecule has 3 heterocycles. The average Bonchev–Trinajstić information content (AvgIpc) is 3.19. The van der Waals surface area contributed by atoms with Crippen molar-refractivity contribution < 1.29 is 19.5 Å². The molecule has 7 nitrogen and oxygen atoms in total. The van der Waals surface area contributed by atoms with E-state index in [2.05, 4.69) is 10.6 Å². The zero-order chi connectivity index (χ0) is 16.4. The number of urea groups is 1. The van der Waals surface area contributed by atoms with Gasteiger partial charge < -0.3 is 20.6 Å². The van der Waals surface area contributed by atoms with Crippen molar-refractivity contribution in [2.45, 2.75) is 61.9 Å². The fourth-order valence-corrected chi connectivity index (χ4v) is 5.27. The molecule has 0 spiro atoms. The molecule has 3 rings (SSSR count). The molecule has 3 unspecified atom stereocenters. The van der Waals surface area contributed by atoms with E-state index < -0.39 is 12.0 Å². The van der Waals surface area contributed by atoms with Gasteiger partial charge >= 0.3 is 12.0 Å². The molecular weight excluding hydrogens is 318 g/mol. The largest absolute Gasteiger partial charge is 0.480 e. The fraction of sp³-hybridized carbons (Fsp3) is 0.800. The van der Waals surface area contributed by atoms with E-state index in [0.29, 0.717) is 24.6 Å². The first-order valence-electron chi connectivity index (χ1n) is 8.27. The Morgan fingerprint density at radius 2 is 2.13 bits per heavy atom. The van der Waals surface area contributed by atoms with Crippen LogP contribution < -0.4 is 10.6 Å². The van der Waals surface area contributed by atoms with E-state index in [0.717, 1.165) is 31.4 Å². The second kappa shape index (κ2) is 6.98. The monoisotopic (exact) mass is 341 g/mol. The van der Waals surface area contributed by atoms with Gasteiger partial charge in [-0.05, 0) is 25.7 Å². The summed E-state index contributed by atoms with van der Waals surface area (Å²) in [6.07, 6.45) is 4.43. The van der Waals surface area contributed by atoms with Crippen molar-refractivity contribution in [1.82, 2.24) is 15.5 Å². The molecule has 23 heavy (non-hydrogen) atoms. The van der Waals surface area contributed by atoms with Crippen LogP contribution in [0.5, 0.6) is 0 Å². The van der Waals surface area contributed by atoms with Gasteiger partial charge in [0, 0.05) is 24.0 Å². The molecule has 3 amide bonds. The Hall–Kier alpha value is -1.44. The number of amides is 3. The number of unbranched alkanes of at least 4 members (excludes halogenated alkanes) is 1. The fourth-order valence-electron chi connectivity index (χ4n) is 3.73. The van der Waals surface area contributed by atoms with Gasteiger partial charge in [0.25, 0.3) is 0 Å². The van der Waals surface area contributed by atoms with E-state index in [4.69, 9.17) is 5.11 Å². The van der Waals surface area contributed by atoms with Crippen LogP contribution in [0, 0.1) is 0 Å². The molecule has 8 heteroatoms. The third kappa shape index (κ3) is 3.57. The first kappa shape index (κ1) is 16.4. The number of thioether (sulfide) groups is 1. The van der Waals surface area contributed by atoms with Crippen LogP contribution >= 0.6 is 11.8 Å². The summed E-state index contributed by atoms with van der Waals surface area (Å²) in [5.74, 6) is 0.0116. The number of carboxylic acid groups (broad SMARTS) is 1. The summed E-state index contributed by atoms with van der Waals surface area (Å²) in [5.41, 5.74) is 0. The summed E-state index contributed by atoms with van der Waals surface area (Å²) >= 11 is 1.87. The first-order chi connectivity index (χ1) is 11.1. The van der Waals surface area contributed by atoms with Crippen LogP contribution in [0.2, 0.25) is 0 Å². The first-order valence-corrected chi connectivity index (χ1v) is 9.32. The molecule has 0 aromatic rings. The van der Waals surface area contributed by atoms with Crippen LogP contribution in [0.25, 0.3) is 0 Å². The highest BCUT2D eigenvalue weighted by Crippen LogP contribution is 2.33. The van der Waals surface area contributed by atoms with Crippen LogP contribution in [-0.4, -0.2) is 63.6 Å². The van der Waals surface area contributed by atoms with E-state index in [1.165, 1.54) is 4.90 Å². The summed E-state index contributed by atoms with van der Waals surface area (Å²) < 4.78 is 0. The number of rotatable bonds is 6. The molecule has 3 aliphatic heterocycles. The number of likely N-dealkylation sites (tertiary alicyclic amines) is 1. The molecule has 4 atom stereocenters. The number of fused-ring (bicyclic) bond motifs is 1. The quantitative estimate of drug-likeness (QED) is 0.490. The molecule has 0 saturated carbocycles. The average molecular weight is 341 g/mol. The molecule has 3 N–H and O–H groups in total. The summed E-state index contributed by atoms with van der Waals surface area (Å²) in [5, 5.41) is 15.4. The zero-order valence-corrected chi connectivity index (χ0v) is 13.8. The number of carbonyl (C=O) groups excluding carboxylic acids is 2. The van der Waals surface area contributed by atoms with Crippen LogP contribution in [0.4, 0.5) is 4.79 Å². The van der Waals surface area contributed by atoms with Crippen LogP contribution in [0.15, 0.2) is 0 Å². The highest BCUT2D eigenvalue weighted by molar-refractivity contribution is 8.00. The topological polar surface area (TPSA) is 98.7 Å². The summed E-state index contributed by atoms with van der Waals surface area (Å²) in [4.78, 5) is 36.1. The van der Waals surface area contributed by atoms with Gasteiger partial charge in [-0.2, -0.15) is 11.8 Å². The van der Waals surface area contributed by atoms with Crippen molar-refractivity contribution in [1.29, 1.82) is 0 Å². The number of nitrogens with one attached hydrogen (secondary N) is 2. The van der Waals surface area contributed by atoms with E-state index in [1.807, 2.05) is 11.8 Å². The highest BCUT2D eigenvalue weighted by atomic mass is 32.2. The van der Waals surface area contributed by atoms with Crippen molar-refractivity contribution in [2.24, 2.45) is 0 Å². The van der Waals surface area contributed by atoms with Gasteiger partial charge in [0.1, 0.15) is 6.04 Å². The Kier molecular flexibility index (Phi) is 4.99. The molecule has 0 aromatic heterocycles. The van der Waals surface area contributed by atoms with Gasteiger partial charge in [0.05, 0.1) is 12.1 Å². The van der Waals surface area contributed by atoms with Gasteiger partial charge in [-0.1, -0.05) is 6.42 Å². The van der Waals surface area contributed by atoms with Crippen molar-refractivity contribution in [3.8, 4) is 0 Å². The maximum Gasteiger partial charge on any atom is 0.326 e. The number of hydrogen-bond acceptors (Lipinski definition) is 4. The predicted molar refractivity (Wildman–Crippen MR) is 86.3 cm³/mol. The third-order valence-electron chi connectivity index (χ3n) is 4.93. The van der Waals surface area contributed by atoms with Gasteiger partial charge in [-0.15, -0.1) is 0 Å². The Labute approximate surface area is 139 Å². The third-order valence-corrected chi connectivity index (χ3v) is 6.43. The number of aliphatic carboxylic acids is 1. The van der Waals surface area contributed by atoms with Crippen molar-refractivity contribution in [3.05, 3.63) is 0 Å². The maximum absolute atomic E-state index is 12.2. The molecule has 3 aliphatic rings. The van der Waals surface area contributed by atoms with Crippen molar-refractivity contribution in [2.75, 3.05) is 12.3 Å². The highest BCUT2D eigenvalue weighted by Gasteiger charge is 2.42. The molecule has 128 valence electrons. The van der Waals surface area contributed by atoms with Gasteiger partial charge in [-0.3, -0.25) is 4.79 Å². The zero-order valence-electron chi connectivity index (χ0n) is 13.0. The number of carboxylic acids is 1. The minimum atomic E-state index is -0.895. The lowest BCUT2D eigenvalue weighted by Crippen LogP contribution is -2.40. The van der Waals surface area contributed by atoms with E-state index >= 15 is 0 Å². The Morgan fingerprint density at radius 1 is 1.30 bits per heavy atom. The predicted octanol–water partition coefficient (Wildman–Crippen LogP) is 0.788. The minimum Gasteiger partial charge on any atom is -0.480 e. The lowest BCUT2D eigenvalue weighted by Gasteiger charge is -2.21. The lowest BCUT2D eigenvalue weighted by atomic mass is 10.0. The molecule has 0 aromatic carbocycles. The number of nitrogens with zero attached hydrogens (tertiary/aromatic N) is 1. The van der Waals surface area contributed by atoms with Crippen LogP contribution in [-0.2, 0) is 9.59 Å². The molecular formula is C15H23N3O4S. The molecule has 3 saturated heterocycles. The van der Waals surface area contributed by atoms with Gasteiger partial charge in [0.15, 0.2) is 0 Å².